The molecule has 0 saturated carbocycles. The van der Waals surface area contributed by atoms with E-state index in [2.05, 4.69) is 0 Å². The van der Waals surface area contributed by atoms with Crippen LogP contribution in [-0.2, 0) is 27.7 Å². The molecule has 1 aliphatic carbocycles. The van der Waals surface area contributed by atoms with Crippen molar-refractivity contribution in [2.75, 3.05) is 27.2 Å². The number of likely N-dealkylation sites (N-methyl/N-ethyl adjacent to an activating group) is 1. The SMILES string of the molecule is COc1ccc(S(=O)(=O)N2CC[C@@H]3CC(=O)N(C)[C@@H]3C2)c2c1CCCC2. The summed E-state index contributed by atoms with van der Waals surface area (Å²) in [4.78, 5) is 14.1. The fourth-order valence-electron chi connectivity index (χ4n) is 4.77. The third-order valence-electron chi connectivity index (χ3n) is 6.30. The summed E-state index contributed by atoms with van der Waals surface area (Å²) in [6.07, 6.45) is 5.01. The van der Waals surface area contributed by atoms with Gasteiger partial charge in [-0.1, -0.05) is 0 Å². The first-order chi connectivity index (χ1) is 12.4. The van der Waals surface area contributed by atoms with Gasteiger partial charge in [0.1, 0.15) is 5.75 Å². The first kappa shape index (κ1) is 17.8. The van der Waals surface area contributed by atoms with Crippen molar-refractivity contribution < 1.29 is 17.9 Å². The van der Waals surface area contributed by atoms with Gasteiger partial charge in [-0.15, -0.1) is 0 Å². The summed E-state index contributed by atoms with van der Waals surface area (Å²) in [5.74, 6) is 1.20. The number of amides is 1. The second-order valence-corrected chi connectivity index (χ2v) is 9.52. The van der Waals surface area contributed by atoms with Crippen LogP contribution in [0.3, 0.4) is 0 Å². The Morgan fingerprint density at radius 1 is 1.15 bits per heavy atom. The monoisotopic (exact) mass is 378 g/mol. The van der Waals surface area contributed by atoms with Crippen molar-refractivity contribution in [3.05, 3.63) is 23.3 Å². The molecule has 0 spiro atoms. The maximum absolute atomic E-state index is 13.4. The number of benzene rings is 1. The summed E-state index contributed by atoms with van der Waals surface area (Å²) in [6.45, 7) is 0.890. The highest BCUT2D eigenvalue weighted by Crippen LogP contribution is 2.38. The summed E-state index contributed by atoms with van der Waals surface area (Å²) < 4.78 is 33.9. The Labute approximate surface area is 155 Å². The maximum Gasteiger partial charge on any atom is 0.243 e. The molecule has 2 saturated heterocycles. The van der Waals surface area contributed by atoms with Gasteiger partial charge >= 0.3 is 0 Å². The zero-order valence-corrected chi connectivity index (χ0v) is 16.2. The highest BCUT2D eigenvalue weighted by molar-refractivity contribution is 7.89. The van der Waals surface area contributed by atoms with Crippen LogP contribution in [0.15, 0.2) is 17.0 Å². The van der Waals surface area contributed by atoms with Gasteiger partial charge in [-0.3, -0.25) is 4.79 Å². The van der Waals surface area contributed by atoms with Crippen LogP contribution in [0.5, 0.6) is 5.75 Å². The normalized spacial score (nSPS) is 26.5. The number of rotatable bonds is 3. The van der Waals surface area contributed by atoms with Crippen molar-refractivity contribution in [1.82, 2.24) is 9.21 Å². The van der Waals surface area contributed by atoms with Crippen molar-refractivity contribution in [2.24, 2.45) is 5.92 Å². The number of sulfonamides is 1. The average Bonchev–Trinajstić information content (AvgIpc) is 2.94. The Morgan fingerprint density at radius 3 is 2.62 bits per heavy atom. The standard InChI is InChI=1S/C19H26N2O4S/c1-20-16-12-21(10-9-13(16)11-19(20)22)26(23,24)18-8-7-17(25-2)14-5-3-4-6-15(14)18/h7-8,13,16H,3-6,9-12H2,1-2H3/t13-,16-/m1/s1. The molecular weight excluding hydrogens is 352 g/mol. The van der Waals surface area contributed by atoms with E-state index in [0.717, 1.165) is 49.0 Å². The zero-order chi connectivity index (χ0) is 18.5. The number of fused-ring (bicyclic) bond motifs is 2. The van der Waals surface area contributed by atoms with Gasteiger partial charge in [0.25, 0.3) is 0 Å². The quantitative estimate of drug-likeness (QED) is 0.805. The third-order valence-corrected chi connectivity index (χ3v) is 8.25. The summed E-state index contributed by atoms with van der Waals surface area (Å²) in [5, 5.41) is 0. The second-order valence-electron chi connectivity index (χ2n) is 7.62. The molecule has 1 amide bonds. The van der Waals surface area contributed by atoms with Crippen LogP contribution in [0.1, 0.15) is 36.8 Å². The predicted molar refractivity (Wildman–Crippen MR) is 97.7 cm³/mol. The molecule has 4 rings (SSSR count). The number of piperidine rings is 1. The number of carbonyl (C=O) groups is 1. The molecule has 0 bridgehead atoms. The first-order valence-corrected chi connectivity index (χ1v) is 10.8. The van der Waals surface area contributed by atoms with Gasteiger partial charge in [-0.2, -0.15) is 4.31 Å². The molecule has 0 unspecified atom stereocenters. The number of likely N-dealkylation sites (tertiary alicyclic amines) is 1. The average molecular weight is 378 g/mol. The van der Waals surface area contributed by atoms with E-state index in [0.29, 0.717) is 24.4 Å². The minimum atomic E-state index is -3.57. The van der Waals surface area contributed by atoms with Crippen LogP contribution >= 0.6 is 0 Å². The molecule has 142 valence electrons. The van der Waals surface area contributed by atoms with Gasteiger partial charge in [-0.25, -0.2) is 8.42 Å². The lowest BCUT2D eigenvalue weighted by Crippen LogP contribution is -2.49. The van der Waals surface area contributed by atoms with Crippen LogP contribution in [-0.4, -0.2) is 56.8 Å². The van der Waals surface area contributed by atoms with Crippen molar-refractivity contribution in [3.63, 3.8) is 0 Å². The number of ether oxygens (including phenoxy) is 1. The minimum Gasteiger partial charge on any atom is -0.496 e. The van der Waals surface area contributed by atoms with E-state index in [1.807, 2.05) is 0 Å². The fourth-order valence-corrected chi connectivity index (χ4v) is 6.52. The summed E-state index contributed by atoms with van der Waals surface area (Å²) in [6, 6.07) is 3.49. The topological polar surface area (TPSA) is 66.9 Å². The Bertz CT molecular complexity index is 836. The third kappa shape index (κ3) is 2.72. The predicted octanol–water partition coefficient (Wildman–Crippen LogP) is 1.82. The van der Waals surface area contributed by atoms with Crippen LogP contribution in [0.2, 0.25) is 0 Å². The largest absolute Gasteiger partial charge is 0.496 e. The van der Waals surface area contributed by atoms with Gasteiger partial charge < -0.3 is 9.64 Å². The van der Waals surface area contributed by atoms with Gasteiger partial charge in [0, 0.05) is 32.6 Å². The smallest absolute Gasteiger partial charge is 0.243 e. The van der Waals surface area contributed by atoms with Gasteiger partial charge in [0.15, 0.2) is 0 Å². The second kappa shape index (κ2) is 6.53. The highest BCUT2D eigenvalue weighted by atomic mass is 32.2. The molecule has 2 atom stereocenters. The van der Waals surface area contributed by atoms with E-state index in [4.69, 9.17) is 4.74 Å². The molecule has 0 radical (unpaired) electrons. The Hall–Kier alpha value is -1.60. The molecule has 26 heavy (non-hydrogen) atoms. The Morgan fingerprint density at radius 2 is 1.88 bits per heavy atom. The van der Waals surface area contributed by atoms with E-state index in [-0.39, 0.29) is 17.9 Å². The van der Waals surface area contributed by atoms with Crippen LogP contribution < -0.4 is 4.74 Å². The van der Waals surface area contributed by atoms with Gasteiger partial charge in [0.05, 0.1) is 12.0 Å². The van der Waals surface area contributed by atoms with E-state index in [1.54, 1.807) is 35.5 Å². The van der Waals surface area contributed by atoms with E-state index >= 15 is 0 Å². The van der Waals surface area contributed by atoms with Crippen LogP contribution in [0, 0.1) is 5.92 Å². The van der Waals surface area contributed by atoms with Gasteiger partial charge in [-0.05, 0) is 61.3 Å². The van der Waals surface area contributed by atoms with E-state index < -0.39 is 10.0 Å². The molecule has 2 heterocycles. The lowest BCUT2D eigenvalue weighted by Gasteiger charge is -2.37. The van der Waals surface area contributed by atoms with Gasteiger partial charge in [0.2, 0.25) is 15.9 Å². The molecule has 1 aromatic carbocycles. The minimum absolute atomic E-state index is 0.0000922. The van der Waals surface area contributed by atoms with E-state index in [1.165, 1.54) is 0 Å². The van der Waals surface area contributed by atoms with Crippen molar-refractivity contribution in [1.29, 1.82) is 0 Å². The number of hydrogen-bond donors (Lipinski definition) is 0. The maximum atomic E-state index is 13.4. The van der Waals surface area contributed by atoms with Crippen LogP contribution in [0.4, 0.5) is 0 Å². The van der Waals surface area contributed by atoms with Crippen molar-refractivity contribution in [3.8, 4) is 5.75 Å². The number of nitrogens with zero attached hydrogens (tertiary/aromatic N) is 2. The fraction of sp³-hybridized carbons (Fsp3) is 0.632. The van der Waals surface area contributed by atoms with Crippen molar-refractivity contribution >= 4 is 15.9 Å². The molecule has 6 nitrogen and oxygen atoms in total. The number of carbonyl (C=O) groups excluding carboxylic acids is 1. The molecule has 7 heteroatoms. The Balaban J connectivity index is 1.68. The van der Waals surface area contributed by atoms with Crippen LogP contribution in [0.25, 0.3) is 0 Å². The molecule has 3 aliphatic rings. The summed E-state index contributed by atoms with van der Waals surface area (Å²) >= 11 is 0. The zero-order valence-electron chi connectivity index (χ0n) is 15.4. The van der Waals surface area contributed by atoms with E-state index in [9.17, 15) is 13.2 Å². The first-order valence-electron chi connectivity index (χ1n) is 9.38. The number of hydrogen-bond acceptors (Lipinski definition) is 4. The van der Waals surface area contributed by atoms with Crippen molar-refractivity contribution in [2.45, 2.75) is 49.5 Å². The molecule has 2 aliphatic heterocycles. The lowest BCUT2D eigenvalue weighted by molar-refractivity contribution is -0.127. The molecule has 0 aromatic heterocycles. The molecule has 0 N–H and O–H groups in total. The Kier molecular flexibility index (Phi) is 4.47. The summed E-state index contributed by atoms with van der Waals surface area (Å²) in [5.41, 5.74) is 1.97. The molecule has 1 aromatic rings. The summed E-state index contributed by atoms with van der Waals surface area (Å²) in [7, 11) is -0.143. The number of methoxy groups -OCH3 is 1. The lowest BCUT2D eigenvalue weighted by atomic mass is 9.91. The highest BCUT2D eigenvalue weighted by Gasteiger charge is 2.44. The molecular formula is C19H26N2O4S. The molecule has 2 fully saturated rings.